The maximum Gasteiger partial charge on any atom is 0.224 e. The van der Waals surface area contributed by atoms with E-state index in [1.807, 2.05) is 30.3 Å². The Morgan fingerprint density at radius 3 is 2.51 bits per heavy atom. The number of halogens is 3. The highest BCUT2D eigenvalue weighted by atomic mass is 35.5. The van der Waals surface area contributed by atoms with Crippen molar-refractivity contribution < 1.29 is 9.90 Å². The Bertz CT molecular complexity index is 1540. The molecule has 1 amide bonds. The van der Waals surface area contributed by atoms with E-state index >= 15 is 0 Å². The molecule has 7 nitrogen and oxygen atoms in total. The number of nitrogens with zero attached hydrogens (tertiary/aromatic N) is 3. The van der Waals surface area contributed by atoms with Crippen molar-refractivity contribution in [3.05, 3.63) is 86.5 Å². The van der Waals surface area contributed by atoms with Crippen molar-refractivity contribution >= 4 is 52.2 Å². The number of phenols is 1. The number of benzene rings is 3. The lowest BCUT2D eigenvalue weighted by Crippen LogP contribution is -2.11. The molecule has 4 aromatic rings. The summed E-state index contributed by atoms with van der Waals surface area (Å²) in [5.74, 6) is 0.0402. The van der Waals surface area contributed by atoms with Gasteiger partial charge in [-0.1, -0.05) is 59.9 Å². The fourth-order valence-corrected chi connectivity index (χ4v) is 4.32. The largest absolute Gasteiger partial charge is 0.504 e. The number of rotatable bonds is 7. The van der Waals surface area contributed by atoms with Crippen molar-refractivity contribution in [3.63, 3.8) is 0 Å². The van der Waals surface area contributed by atoms with Crippen LogP contribution in [0, 0.1) is 18.3 Å². The van der Waals surface area contributed by atoms with Gasteiger partial charge in [-0.25, -0.2) is 4.68 Å². The molecule has 4 rings (SSSR count). The fourth-order valence-electron chi connectivity index (χ4n) is 3.78. The molecule has 0 aliphatic heterocycles. The van der Waals surface area contributed by atoms with Crippen LogP contribution in [-0.2, 0) is 11.3 Å². The van der Waals surface area contributed by atoms with E-state index in [1.165, 1.54) is 0 Å². The van der Waals surface area contributed by atoms with Gasteiger partial charge >= 0.3 is 0 Å². The number of aromatic hydroxyl groups is 1. The van der Waals surface area contributed by atoms with Crippen LogP contribution in [0.4, 0.5) is 11.5 Å². The number of carbonyl (C=O) groups is 1. The summed E-state index contributed by atoms with van der Waals surface area (Å²) in [6.07, 6.45) is 0.255. The summed E-state index contributed by atoms with van der Waals surface area (Å²) >= 11 is 18.5. The van der Waals surface area contributed by atoms with Crippen LogP contribution in [0.2, 0.25) is 15.1 Å². The molecule has 0 unspecified atom stereocenters. The van der Waals surface area contributed by atoms with E-state index < -0.39 is 0 Å². The summed E-state index contributed by atoms with van der Waals surface area (Å²) in [4.78, 5) is 11.8. The molecule has 0 fully saturated rings. The smallest absolute Gasteiger partial charge is 0.224 e. The quantitative estimate of drug-likeness (QED) is 0.207. The van der Waals surface area contributed by atoms with Gasteiger partial charge in [0.1, 0.15) is 17.5 Å². The van der Waals surface area contributed by atoms with Gasteiger partial charge < -0.3 is 15.7 Å². The van der Waals surface area contributed by atoms with E-state index in [0.717, 1.165) is 16.8 Å². The molecule has 3 N–H and O–H groups in total. The lowest BCUT2D eigenvalue weighted by molar-refractivity contribution is -0.115. The van der Waals surface area contributed by atoms with Gasteiger partial charge in [0.2, 0.25) is 5.91 Å². The molecular formula is C27H22Cl3N5O2. The Hall–Kier alpha value is -3.70. The maximum atomic E-state index is 11.8. The predicted octanol–water partition coefficient (Wildman–Crippen LogP) is 7.35. The topological polar surface area (TPSA) is 103 Å². The summed E-state index contributed by atoms with van der Waals surface area (Å²) in [5.41, 5.74) is 4.37. The maximum absolute atomic E-state index is 11.8. The minimum atomic E-state index is -0.251. The molecule has 0 spiro atoms. The molecule has 0 saturated carbocycles. The first-order chi connectivity index (χ1) is 17.7. The lowest BCUT2D eigenvalue weighted by atomic mass is 10.1. The Kier molecular flexibility index (Phi) is 7.94. The van der Waals surface area contributed by atoms with Gasteiger partial charge in [0.25, 0.3) is 0 Å². The van der Waals surface area contributed by atoms with Crippen LogP contribution < -0.4 is 10.6 Å². The molecule has 0 aliphatic carbocycles. The minimum Gasteiger partial charge on any atom is -0.504 e. The number of hydrogen-bond acceptors (Lipinski definition) is 5. The van der Waals surface area contributed by atoms with Gasteiger partial charge in [-0.15, -0.1) is 0 Å². The van der Waals surface area contributed by atoms with Gasteiger partial charge in [-0.05, 0) is 60.0 Å². The summed E-state index contributed by atoms with van der Waals surface area (Å²) in [5, 5.41) is 31.6. The van der Waals surface area contributed by atoms with E-state index in [-0.39, 0.29) is 35.3 Å². The number of nitrogens with one attached hydrogen (secondary N) is 2. The Morgan fingerprint density at radius 2 is 1.81 bits per heavy atom. The van der Waals surface area contributed by atoms with Gasteiger partial charge in [-0.2, -0.15) is 10.4 Å². The van der Waals surface area contributed by atoms with Gasteiger partial charge in [-0.3, -0.25) is 4.79 Å². The highest BCUT2D eigenvalue weighted by molar-refractivity contribution is 6.42. The summed E-state index contributed by atoms with van der Waals surface area (Å²) in [6, 6.07) is 18.5. The Morgan fingerprint density at radius 1 is 1.05 bits per heavy atom. The summed E-state index contributed by atoms with van der Waals surface area (Å²) < 4.78 is 1.66. The zero-order valence-corrected chi connectivity index (χ0v) is 22.2. The first kappa shape index (κ1) is 26.4. The number of anilines is 2. The Labute approximate surface area is 229 Å². The van der Waals surface area contributed by atoms with Gasteiger partial charge in [0.05, 0.1) is 32.1 Å². The number of hydrogen-bond donors (Lipinski definition) is 3. The van der Waals surface area contributed by atoms with E-state index in [1.54, 1.807) is 42.8 Å². The molecule has 0 saturated heterocycles. The van der Waals surface area contributed by atoms with E-state index in [0.29, 0.717) is 32.7 Å². The van der Waals surface area contributed by atoms with Crippen LogP contribution in [0.3, 0.4) is 0 Å². The zero-order chi connectivity index (χ0) is 26.7. The van der Waals surface area contributed by atoms with E-state index in [9.17, 15) is 15.2 Å². The SMILES string of the molecule is CCC(=O)Nc1cc(CNc2c(C#N)c(C)nn2-c2cccc(-c3ccc(Cl)c(Cl)c3)c2)cc(Cl)c1O. The van der Waals surface area contributed by atoms with Crippen molar-refractivity contribution in [1.29, 1.82) is 5.26 Å². The molecule has 1 heterocycles. The third kappa shape index (κ3) is 5.67. The average molecular weight is 555 g/mol. The van der Waals surface area contributed by atoms with Crippen LogP contribution in [0.15, 0.2) is 54.6 Å². The van der Waals surface area contributed by atoms with E-state index in [2.05, 4.69) is 21.8 Å². The standard InChI is InChI=1S/C27H22Cl3N5O2/c1-3-25(36)33-24-10-16(9-23(30)26(24)37)14-32-27-20(13-31)15(2)34-35(27)19-6-4-5-17(11-19)18-7-8-21(28)22(29)12-18/h4-12,32,37H,3,14H2,1-2H3,(H,33,36). The van der Waals surface area contributed by atoms with Crippen molar-refractivity contribution in [1.82, 2.24) is 9.78 Å². The number of amides is 1. The van der Waals surface area contributed by atoms with Crippen LogP contribution in [0.25, 0.3) is 16.8 Å². The molecule has 1 aromatic heterocycles. The highest BCUT2D eigenvalue weighted by Gasteiger charge is 2.18. The minimum absolute atomic E-state index is 0.102. The average Bonchev–Trinajstić information content (AvgIpc) is 3.22. The summed E-state index contributed by atoms with van der Waals surface area (Å²) in [7, 11) is 0. The molecule has 188 valence electrons. The lowest BCUT2D eigenvalue weighted by Gasteiger charge is -2.14. The first-order valence-corrected chi connectivity index (χ1v) is 12.5. The number of nitriles is 1. The van der Waals surface area contributed by atoms with Crippen LogP contribution in [0.1, 0.15) is 30.2 Å². The van der Waals surface area contributed by atoms with Gasteiger partial charge in [0, 0.05) is 13.0 Å². The third-order valence-corrected chi connectivity index (χ3v) is 6.72. The van der Waals surface area contributed by atoms with Crippen molar-refractivity contribution in [2.75, 3.05) is 10.6 Å². The Balaban J connectivity index is 1.69. The molecular weight excluding hydrogens is 533 g/mol. The number of aryl methyl sites for hydroxylation is 1. The molecule has 3 aromatic carbocycles. The molecule has 0 atom stereocenters. The number of phenolic OH excluding ortho intramolecular Hbond substituents is 1. The number of aromatic nitrogens is 2. The predicted molar refractivity (Wildman–Crippen MR) is 148 cm³/mol. The molecule has 0 bridgehead atoms. The first-order valence-electron chi connectivity index (χ1n) is 11.3. The third-order valence-electron chi connectivity index (χ3n) is 5.69. The van der Waals surface area contributed by atoms with Crippen LogP contribution in [-0.4, -0.2) is 20.8 Å². The second-order valence-corrected chi connectivity index (χ2v) is 9.46. The fraction of sp³-hybridized carbons (Fsp3) is 0.148. The second kappa shape index (κ2) is 11.1. The second-order valence-electron chi connectivity index (χ2n) is 8.24. The van der Waals surface area contributed by atoms with E-state index in [4.69, 9.17) is 34.8 Å². The van der Waals surface area contributed by atoms with Crippen LogP contribution in [0.5, 0.6) is 5.75 Å². The van der Waals surface area contributed by atoms with Crippen LogP contribution >= 0.6 is 34.8 Å². The normalized spacial score (nSPS) is 10.7. The van der Waals surface area contributed by atoms with Crippen molar-refractivity contribution in [3.8, 4) is 28.6 Å². The zero-order valence-electron chi connectivity index (χ0n) is 19.9. The molecule has 37 heavy (non-hydrogen) atoms. The molecule has 0 radical (unpaired) electrons. The van der Waals surface area contributed by atoms with Crippen molar-refractivity contribution in [2.45, 2.75) is 26.8 Å². The van der Waals surface area contributed by atoms with Crippen molar-refractivity contribution in [2.24, 2.45) is 0 Å². The monoisotopic (exact) mass is 553 g/mol. The molecule has 0 aliphatic rings. The summed E-state index contributed by atoms with van der Waals surface area (Å²) in [6.45, 7) is 3.73. The van der Waals surface area contributed by atoms with Gasteiger partial charge in [0.15, 0.2) is 5.75 Å². The number of carbonyl (C=O) groups excluding carboxylic acids is 1. The molecule has 10 heteroatoms. The highest BCUT2D eigenvalue weighted by Crippen LogP contribution is 2.34.